The van der Waals surface area contributed by atoms with Crippen molar-refractivity contribution in [3.8, 4) is 0 Å². The topological polar surface area (TPSA) is 92.6 Å². The molecule has 0 saturated carbocycles. The highest BCUT2D eigenvalue weighted by Crippen LogP contribution is 2.21. The fourth-order valence-electron chi connectivity index (χ4n) is 3.83. The first kappa shape index (κ1) is 23.7. The summed E-state index contributed by atoms with van der Waals surface area (Å²) in [5.41, 5.74) is 3.04. The molecule has 1 atom stereocenters. The SMILES string of the molecule is CNC(=O)[C@@H](Cc1ccccc1)N(Cc1cccc(C)c1)C(=O)Cc1ccccc1[N+](=O)[O-]. The molecule has 0 heterocycles. The van der Waals surface area contributed by atoms with Gasteiger partial charge in [0.2, 0.25) is 11.8 Å². The quantitative estimate of drug-likeness (QED) is 0.400. The van der Waals surface area contributed by atoms with Gasteiger partial charge in [-0.15, -0.1) is 0 Å². The molecule has 0 aliphatic heterocycles. The van der Waals surface area contributed by atoms with Crippen LogP contribution in [0.2, 0.25) is 0 Å². The van der Waals surface area contributed by atoms with Crippen LogP contribution in [0, 0.1) is 17.0 Å². The molecule has 7 nitrogen and oxygen atoms in total. The van der Waals surface area contributed by atoms with Crippen LogP contribution in [0.5, 0.6) is 0 Å². The van der Waals surface area contributed by atoms with Crippen LogP contribution >= 0.6 is 0 Å². The van der Waals surface area contributed by atoms with Crippen molar-refractivity contribution in [1.29, 1.82) is 0 Å². The normalized spacial score (nSPS) is 11.5. The summed E-state index contributed by atoms with van der Waals surface area (Å²) in [6.45, 7) is 2.18. The number of nitrogens with one attached hydrogen (secondary N) is 1. The summed E-state index contributed by atoms with van der Waals surface area (Å²) >= 11 is 0. The van der Waals surface area contributed by atoms with Crippen molar-refractivity contribution in [2.45, 2.75) is 32.4 Å². The molecule has 0 radical (unpaired) electrons. The summed E-state index contributed by atoms with van der Waals surface area (Å²) in [4.78, 5) is 39.0. The predicted molar refractivity (Wildman–Crippen MR) is 127 cm³/mol. The highest BCUT2D eigenvalue weighted by Gasteiger charge is 2.31. The standard InChI is InChI=1S/C26H27N3O4/c1-19-9-8-12-21(15-19)18-28(24(26(31)27-2)16-20-10-4-3-5-11-20)25(30)17-22-13-6-7-14-23(22)29(32)33/h3-15,24H,16-18H2,1-2H3,(H,27,31)/t24-/m1/s1. The van der Waals surface area contributed by atoms with E-state index in [1.54, 1.807) is 18.2 Å². The minimum atomic E-state index is -0.770. The van der Waals surface area contributed by atoms with Gasteiger partial charge in [-0.3, -0.25) is 19.7 Å². The van der Waals surface area contributed by atoms with Gasteiger partial charge in [0.25, 0.3) is 5.69 Å². The van der Waals surface area contributed by atoms with Gasteiger partial charge in [-0.2, -0.15) is 0 Å². The first-order chi connectivity index (χ1) is 15.9. The summed E-state index contributed by atoms with van der Waals surface area (Å²) in [5, 5.41) is 14.1. The van der Waals surface area contributed by atoms with Crippen molar-refractivity contribution in [1.82, 2.24) is 10.2 Å². The Morgan fingerprint density at radius 1 is 0.970 bits per heavy atom. The monoisotopic (exact) mass is 445 g/mol. The molecule has 0 spiro atoms. The van der Waals surface area contributed by atoms with Crippen LogP contribution in [-0.4, -0.2) is 34.7 Å². The van der Waals surface area contributed by atoms with Gasteiger partial charge in [0.15, 0.2) is 0 Å². The molecule has 2 amide bonds. The van der Waals surface area contributed by atoms with Gasteiger partial charge in [-0.1, -0.05) is 78.4 Å². The highest BCUT2D eigenvalue weighted by atomic mass is 16.6. The van der Waals surface area contributed by atoms with Crippen molar-refractivity contribution >= 4 is 17.5 Å². The molecule has 170 valence electrons. The number of nitro benzene ring substituents is 1. The summed E-state index contributed by atoms with van der Waals surface area (Å²) in [6, 6.07) is 22.6. The zero-order chi connectivity index (χ0) is 23.8. The Bertz CT molecular complexity index is 1130. The third-order valence-electron chi connectivity index (χ3n) is 5.48. The first-order valence-electron chi connectivity index (χ1n) is 10.7. The Morgan fingerprint density at radius 2 is 1.64 bits per heavy atom. The molecule has 7 heteroatoms. The van der Waals surface area contributed by atoms with Crippen LogP contribution in [0.15, 0.2) is 78.9 Å². The molecule has 0 aromatic heterocycles. The number of carbonyl (C=O) groups excluding carboxylic acids is 2. The Balaban J connectivity index is 1.98. The number of carbonyl (C=O) groups is 2. The second-order valence-corrected chi connectivity index (χ2v) is 7.89. The molecular weight excluding hydrogens is 418 g/mol. The van der Waals surface area contributed by atoms with E-state index >= 15 is 0 Å². The minimum absolute atomic E-state index is 0.110. The maximum absolute atomic E-state index is 13.6. The molecule has 33 heavy (non-hydrogen) atoms. The Morgan fingerprint density at radius 3 is 2.30 bits per heavy atom. The second kappa shape index (κ2) is 11.0. The number of para-hydroxylation sites is 1. The van der Waals surface area contributed by atoms with Crippen LogP contribution in [0.3, 0.4) is 0 Å². The maximum Gasteiger partial charge on any atom is 0.273 e. The molecule has 0 fully saturated rings. The molecule has 3 aromatic carbocycles. The van der Waals surface area contributed by atoms with Crippen LogP contribution in [0.25, 0.3) is 0 Å². The third-order valence-corrected chi connectivity index (χ3v) is 5.48. The number of nitro groups is 1. The second-order valence-electron chi connectivity index (χ2n) is 7.89. The lowest BCUT2D eigenvalue weighted by molar-refractivity contribution is -0.385. The van der Waals surface area contributed by atoms with Gasteiger partial charge in [-0.05, 0) is 18.1 Å². The molecule has 0 bridgehead atoms. The molecular formula is C26H27N3O4. The average molecular weight is 446 g/mol. The van der Waals surface area contributed by atoms with Gasteiger partial charge in [0.1, 0.15) is 6.04 Å². The molecule has 0 unspecified atom stereocenters. The van der Waals surface area contributed by atoms with Crippen molar-refractivity contribution in [2.24, 2.45) is 0 Å². The maximum atomic E-state index is 13.6. The van der Waals surface area contributed by atoms with Crippen molar-refractivity contribution in [3.05, 3.63) is 111 Å². The Hall–Kier alpha value is -4.00. The minimum Gasteiger partial charge on any atom is -0.357 e. The van der Waals surface area contributed by atoms with Crippen LogP contribution < -0.4 is 5.32 Å². The van der Waals surface area contributed by atoms with Gasteiger partial charge >= 0.3 is 0 Å². The lowest BCUT2D eigenvalue weighted by Crippen LogP contribution is -2.50. The fraction of sp³-hybridized carbons (Fsp3) is 0.231. The average Bonchev–Trinajstić information content (AvgIpc) is 2.81. The lowest BCUT2D eigenvalue weighted by Gasteiger charge is -2.31. The Labute approximate surface area is 193 Å². The largest absolute Gasteiger partial charge is 0.357 e. The predicted octanol–water partition coefficient (Wildman–Crippen LogP) is 3.83. The van der Waals surface area contributed by atoms with E-state index < -0.39 is 11.0 Å². The molecule has 0 aliphatic rings. The fourth-order valence-corrected chi connectivity index (χ4v) is 3.83. The summed E-state index contributed by atoms with van der Waals surface area (Å²) in [7, 11) is 1.54. The summed E-state index contributed by atoms with van der Waals surface area (Å²) in [6.07, 6.45) is 0.153. The molecule has 3 rings (SSSR count). The molecule has 0 aliphatic carbocycles. The zero-order valence-electron chi connectivity index (χ0n) is 18.7. The smallest absolute Gasteiger partial charge is 0.273 e. The number of benzene rings is 3. The number of rotatable bonds is 9. The van der Waals surface area contributed by atoms with Crippen LogP contribution in [0.1, 0.15) is 22.3 Å². The number of nitrogens with zero attached hydrogens (tertiary/aromatic N) is 2. The van der Waals surface area contributed by atoms with E-state index in [9.17, 15) is 19.7 Å². The number of aryl methyl sites for hydroxylation is 1. The van der Waals surface area contributed by atoms with E-state index in [-0.39, 0.29) is 30.5 Å². The summed E-state index contributed by atoms with van der Waals surface area (Å²) in [5.74, 6) is -0.641. The van der Waals surface area contributed by atoms with Gasteiger partial charge < -0.3 is 10.2 Å². The van der Waals surface area contributed by atoms with Crippen LogP contribution in [0.4, 0.5) is 5.69 Å². The van der Waals surface area contributed by atoms with Gasteiger partial charge in [-0.25, -0.2) is 0 Å². The number of hydrogen-bond donors (Lipinski definition) is 1. The molecule has 3 aromatic rings. The van der Waals surface area contributed by atoms with Gasteiger partial charge in [0, 0.05) is 31.6 Å². The van der Waals surface area contributed by atoms with Crippen molar-refractivity contribution in [3.63, 3.8) is 0 Å². The summed E-state index contributed by atoms with van der Waals surface area (Å²) < 4.78 is 0. The van der Waals surface area contributed by atoms with Crippen molar-refractivity contribution < 1.29 is 14.5 Å². The molecule has 0 saturated heterocycles. The van der Waals surface area contributed by atoms with Crippen molar-refractivity contribution in [2.75, 3.05) is 7.05 Å². The van der Waals surface area contributed by atoms with Gasteiger partial charge in [0.05, 0.1) is 11.3 Å². The molecule has 1 N–H and O–H groups in total. The number of amides is 2. The highest BCUT2D eigenvalue weighted by molar-refractivity contribution is 5.89. The van der Waals surface area contributed by atoms with E-state index in [0.29, 0.717) is 12.0 Å². The van der Waals surface area contributed by atoms with E-state index in [1.807, 2.05) is 61.5 Å². The zero-order valence-corrected chi connectivity index (χ0v) is 18.7. The van der Waals surface area contributed by atoms with E-state index in [2.05, 4.69) is 5.32 Å². The van der Waals surface area contributed by atoms with E-state index in [1.165, 1.54) is 18.0 Å². The Kier molecular flexibility index (Phi) is 7.91. The first-order valence-corrected chi connectivity index (χ1v) is 10.7. The van der Waals surface area contributed by atoms with E-state index in [4.69, 9.17) is 0 Å². The number of hydrogen-bond acceptors (Lipinski definition) is 4. The lowest BCUT2D eigenvalue weighted by atomic mass is 10.0. The van der Waals surface area contributed by atoms with Crippen LogP contribution in [-0.2, 0) is 29.0 Å². The third kappa shape index (κ3) is 6.26. The van der Waals surface area contributed by atoms with E-state index in [0.717, 1.165) is 16.7 Å². The number of likely N-dealkylation sites (N-methyl/N-ethyl adjacent to an activating group) is 1.